The van der Waals surface area contributed by atoms with Crippen molar-refractivity contribution in [3.05, 3.63) is 15.0 Å². The summed E-state index contributed by atoms with van der Waals surface area (Å²) in [6.07, 6.45) is -0.101. The Kier molecular flexibility index (Phi) is 5.02. The van der Waals surface area contributed by atoms with E-state index in [4.69, 9.17) is 0 Å². The second kappa shape index (κ2) is 4.94. The summed E-state index contributed by atoms with van der Waals surface area (Å²) < 4.78 is 0.675. The Bertz CT molecular complexity index is 252. The first-order chi connectivity index (χ1) is 4.68. The van der Waals surface area contributed by atoms with Gasteiger partial charge in [0.25, 0.3) is 0 Å². The SMILES string of the molecule is O=C([O-])Cc1nc(Br)cs1.[Li+]. The number of hydrogen-bond donors (Lipinski definition) is 0. The Morgan fingerprint density at radius 2 is 2.45 bits per heavy atom. The average molecular weight is 228 g/mol. The molecule has 1 aromatic rings. The third-order valence-electron chi connectivity index (χ3n) is 0.819. The molecule has 0 bridgehead atoms. The third-order valence-corrected chi connectivity index (χ3v) is 2.38. The number of rotatable bonds is 2. The summed E-state index contributed by atoms with van der Waals surface area (Å²) in [5.74, 6) is -1.10. The van der Waals surface area contributed by atoms with Crippen LogP contribution < -0.4 is 24.0 Å². The molecule has 1 heterocycles. The molecule has 0 aliphatic heterocycles. The maximum absolute atomic E-state index is 10.0. The van der Waals surface area contributed by atoms with Crippen molar-refractivity contribution >= 4 is 33.2 Å². The normalized spacial score (nSPS) is 8.82. The maximum Gasteiger partial charge on any atom is 1.00 e. The third kappa shape index (κ3) is 3.92. The van der Waals surface area contributed by atoms with Gasteiger partial charge in [-0.3, -0.25) is 0 Å². The van der Waals surface area contributed by atoms with E-state index < -0.39 is 5.97 Å². The first-order valence-electron chi connectivity index (χ1n) is 2.48. The first kappa shape index (κ1) is 11.2. The van der Waals surface area contributed by atoms with Crippen LogP contribution in [0.15, 0.2) is 9.98 Å². The number of hydrogen-bond acceptors (Lipinski definition) is 4. The number of carbonyl (C=O) groups is 1. The number of carboxylic acids is 1. The minimum Gasteiger partial charge on any atom is -0.550 e. The van der Waals surface area contributed by atoms with E-state index in [1.165, 1.54) is 11.3 Å². The minimum absolute atomic E-state index is 0. The number of carbonyl (C=O) groups excluding carboxylic acids is 1. The second-order valence-electron chi connectivity index (χ2n) is 1.61. The topological polar surface area (TPSA) is 53.0 Å². The summed E-state index contributed by atoms with van der Waals surface area (Å²) >= 11 is 4.41. The molecule has 0 atom stereocenters. The van der Waals surface area contributed by atoms with Gasteiger partial charge < -0.3 is 9.90 Å². The molecule has 0 aliphatic rings. The van der Waals surface area contributed by atoms with Crippen LogP contribution in [-0.4, -0.2) is 11.0 Å². The fraction of sp³-hybridized carbons (Fsp3) is 0.200. The molecule has 0 N–H and O–H groups in total. The Morgan fingerprint density at radius 3 is 2.82 bits per heavy atom. The zero-order chi connectivity index (χ0) is 7.56. The van der Waals surface area contributed by atoms with E-state index >= 15 is 0 Å². The number of aliphatic carboxylic acids is 1. The molecule has 0 aliphatic carbocycles. The van der Waals surface area contributed by atoms with Gasteiger partial charge in [-0.1, -0.05) is 0 Å². The minimum atomic E-state index is -1.10. The molecule has 0 saturated heterocycles. The molecule has 54 valence electrons. The van der Waals surface area contributed by atoms with Crippen LogP contribution in [0.5, 0.6) is 0 Å². The molecule has 1 aromatic heterocycles. The molecule has 0 unspecified atom stereocenters. The number of carboxylic acid groups (broad SMARTS) is 1. The molecule has 0 amide bonds. The summed E-state index contributed by atoms with van der Waals surface area (Å²) in [7, 11) is 0. The Balaban J connectivity index is 0.000001000. The molecule has 0 radical (unpaired) electrons. The predicted molar refractivity (Wildman–Crippen MR) is 38.5 cm³/mol. The smallest absolute Gasteiger partial charge is 0.550 e. The fourth-order valence-corrected chi connectivity index (χ4v) is 1.74. The zero-order valence-corrected chi connectivity index (χ0v) is 8.24. The van der Waals surface area contributed by atoms with Crippen LogP contribution in [0, 0.1) is 0 Å². The van der Waals surface area contributed by atoms with Gasteiger partial charge in [-0.25, -0.2) is 4.98 Å². The van der Waals surface area contributed by atoms with Crippen LogP contribution in [-0.2, 0) is 11.2 Å². The zero-order valence-electron chi connectivity index (χ0n) is 5.83. The van der Waals surface area contributed by atoms with Crippen molar-refractivity contribution in [3.8, 4) is 0 Å². The van der Waals surface area contributed by atoms with Gasteiger partial charge in [-0.15, -0.1) is 11.3 Å². The number of aromatic nitrogens is 1. The molecule has 6 heteroatoms. The standard InChI is InChI=1S/C5H4BrNO2S.Li/c6-3-2-10-4(7-3)1-5(8)9;/h2H,1H2,(H,8,9);/q;+1/p-1. The largest absolute Gasteiger partial charge is 1.00 e. The van der Waals surface area contributed by atoms with Gasteiger partial charge in [0.15, 0.2) is 0 Å². The monoisotopic (exact) mass is 227 g/mol. The van der Waals surface area contributed by atoms with Crippen LogP contribution in [0.1, 0.15) is 5.01 Å². The fourth-order valence-electron chi connectivity index (χ4n) is 0.493. The van der Waals surface area contributed by atoms with Crippen molar-refractivity contribution in [2.24, 2.45) is 0 Å². The van der Waals surface area contributed by atoms with Crippen molar-refractivity contribution < 1.29 is 28.8 Å². The molecular formula is C5H3BrLiNO2S. The van der Waals surface area contributed by atoms with Crippen molar-refractivity contribution in [1.29, 1.82) is 0 Å². The van der Waals surface area contributed by atoms with Crippen LogP contribution in [0.25, 0.3) is 0 Å². The van der Waals surface area contributed by atoms with Crippen molar-refractivity contribution in [3.63, 3.8) is 0 Å². The molecule has 0 aromatic carbocycles. The van der Waals surface area contributed by atoms with Crippen LogP contribution in [0.3, 0.4) is 0 Å². The van der Waals surface area contributed by atoms with E-state index in [2.05, 4.69) is 20.9 Å². The van der Waals surface area contributed by atoms with Gasteiger partial charge in [0.05, 0.1) is 5.01 Å². The Labute approximate surface area is 88.1 Å². The van der Waals surface area contributed by atoms with Gasteiger partial charge in [0.2, 0.25) is 0 Å². The van der Waals surface area contributed by atoms with Crippen molar-refractivity contribution in [1.82, 2.24) is 4.98 Å². The van der Waals surface area contributed by atoms with E-state index in [0.29, 0.717) is 9.61 Å². The molecule has 1 rings (SSSR count). The molecule has 0 fully saturated rings. The van der Waals surface area contributed by atoms with Gasteiger partial charge >= 0.3 is 18.9 Å². The summed E-state index contributed by atoms with van der Waals surface area (Å²) in [4.78, 5) is 13.9. The molecule has 3 nitrogen and oxygen atoms in total. The molecule has 11 heavy (non-hydrogen) atoms. The van der Waals surface area contributed by atoms with E-state index in [-0.39, 0.29) is 25.3 Å². The summed E-state index contributed by atoms with van der Waals surface area (Å²) in [5, 5.41) is 12.3. The molecule has 0 spiro atoms. The van der Waals surface area contributed by atoms with Gasteiger partial charge in [0.1, 0.15) is 4.60 Å². The number of thiazole rings is 1. The van der Waals surface area contributed by atoms with E-state index in [1.54, 1.807) is 5.38 Å². The Morgan fingerprint density at radius 1 is 1.82 bits per heavy atom. The molecular weight excluding hydrogens is 225 g/mol. The predicted octanol–water partition coefficient (Wildman–Crippen LogP) is -2.80. The number of nitrogens with zero attached hydrogens (tertiary/aromatic N) is 1. The number of halogens is 1. The first-order valence-corrected chi connectivity index (χ1v) is 4.15. The van der Waals surface area contributed by atoms with Gasteiger partial charge in [-0.2, -0.15) is 0 Å². The summed E-state index contributed by atoms with van der Waals surface area (Å²) in [6, 6.07) is 0. The van der Waals surface area contributed by atoms with E-state index in [9.17, 15) is 9.90 Å². The van der Waals surface area contributed by atoms with Crippen LogP contribution in [0.4, 0.5) is 0 Å². The molecule has 0 saturated carbocycles. The van der Waals surface area contributed by atoms with Crippen LogP contribution in [0.2, 0.25) is 0 Å². The van der Waals surface area contributed by atoms with E-state index in [1.807, 2.05) is 0 Å². The van der Waals surface area contributed by atoms with Crippen LogP contribution >= 0.6 is 27.3 Å². The quantitative estimate of drug-likeness (QED) is 0.514. The van der Waals surface area contributed by atoms with E-state index in [0.717, 1.165) is 0 Å². The summed E-state index contributed by atoms with van der Waals surface area (Å²) in [5.41, 5.74) is 0. The van der Waals surface area contributed by atoms with Crippen molar-refractivity contribution in [2.45, 2.75) is 6.42 Å². The maximum atomic E-state index is 10.0. The van der Waals surface area contributed by atoms with Gasteiger partial charge in [-0.05, 0) is 15.9 Å². The van der Waals surface area contributed by atoms with Crippen molar-refractivity contribution in [2.75, 3.05) is 0 Å². The Hall–Kier alpha value is 0.177. The average Bonchev–Trinajstić information content (AvgIpc) is 2.13. The van der Waals surface area contributed by atoms with Gasteiger partial charge in [0, 0.05) is 17.8 Å². The summed E-state index contributed by atoms with van der Waals surface area (Å²) in [6.45, 7) is 0. The second-order valence-corrected chi connectivity index (χ2v) is 3.37.